The molecular formula is C17H12Cl2F2N2O2. The minimum absolute atomic E-state index is 0.0361. The Labute approximate surface area is 152 Å². The number of methoxy groups -OCH3 is 1. The molecule has 0 aliphatic carbocycles. The van der Waals surface area contributed by atoms with Crippen LogP contribution in [0.15, 0.2) is 29.3 Å². The Hall–Kier alpha value is -2.18. The van der Waals surface area contributed by atoms with Gasteiger partial charge in [-0.1, -0.05) is 23.2 Å². The Kier molecular flexibility index (Phi) is 4.67. The Morgan fingerprint density at radius 2 is 1.88 bits per heavy atom. The number of benzene rings is 2. The van der Waals surface area contributed by atoms with Gasteiger partial charge in [-0.25, -0.2) is 8.78 Å². The van der Waals surface area contributed by atoms with E-state index in [1.165, 1.54) is 32.2 Å². The van der Waals surface area contributed by atoms with Crippen molar-refractivity contribution in [3.8, 4) is 5.75 Å². The molecule has 1 aliphatic rings. The van der Waals surface area contributed by atoms with Gasteiger partial charge < -0.3 is 10.1 Å². The summed E-state index contributed by atoms with van der Waals surface area (Å²) in [4.78, 5) is 16.3. The predicted octanol–water partition coefficient (Wildman–Crippen LogP) is 4.46. The second-order valence-electron chi connectivity index (χ2n) is 5.37. The summed E-state index contributed by atoms with van der Waals surface area (Å²) in [7, 11) is 1.26. The molecule has 4 nitrogen and oxygen atoms in total. The molecular weight excluding hydrogens is 373 g/mol. The van der Waals surface area contributed by atoms with E-state index < -0.39 is 29.1 Å². The van der Waals surface area contributed by atoms with Crippen LogP contribution in [0.2, 0.25) is 10.0 Å². The standard InChI is InChI=1S/C17H12Cl2F2N2O2/c1-7-17(24)23-10-5-3-8(18)14(19)13(10)16(22-7)12-9(20)4-6-11(25-2)15(12)21/h3-7H,1-2H3,(H,23,24). The molecule has 0 aromatic heterocycles. The fourth-order valence-electron chi connectivity index (χ4n) is 2.54. The van der Waals surface area contributed by atoms with Gasteiger partial charge in [0, 0.05) is 5.56 Å². The van der Waals surface area contributed by atoms with Gasteiger partial charge in [-0.2, -0.15) is 0 Å². The van der Waals surface area contributed by atoms with Gasteiger partial charge in [0.2, 0.25) is 5.91 Å². The molecule has 0 bridgehead atoms. The number of benzodiazepines with no additional fused rings is 1. The Balaban J connectivity index is 2.38. The van der Waals surface area contributed by atoms with Gasteiger partial charge in [-0.3, -0.25) is 9.79 Å². The molecule has 1 unspecified atom stereocenters. The number of halogens is 4. The van der Waals surface area contributed by atoms with Crippen molar-refractivity contribution in [1.29, 1.82) is 0 Å². The summed E-state index contributed by atoms with van der Waals surface area (Å²) in [5, 5.41) is 2.84. The van der Waals surface area contributed by atoms with Crippen molar-refractivity contribution < 1.29 is 18.3 Å². The van der Waals surface area contributed by atoms with Crippen molar-refractivity contribution >= 4 is 40.5 Å². The number of aliphatic imine (C=N–C) groups is 1. The third-order valence-electron chi connectivity index (χ3n) is 3.80. The molecule has 25 heavy (non-hydrogen) atoms. The predicted molar refractivity (Wildman–Crippen MR) is 93.1 cm³/mol. The number of amides is 1. The van der Waals surface area contributed by atoms with Crippen LogP contribution >= 0.6 is 23.2 Å². The molecule has 1 heterocycles. The maximum absolute atomic E-state index is 14.8. The average Bonchev–Trinajstić information content (AvgIpc) is 2.69. The molecule has 2 aromatic rings. The first-order chi connectivity index (χ1) is 11.8. The maximum Gasteiger partial charge on any atom is 0.248 e. The Bertz CT molecular complexity index is 916. The Morgan fingerprint density at radius 3 is 2.56 bits per heavy atom. The molecule has 0 fully saturated rings. The van der Waals surface area contributed by atoms with Crippen LogP contribution < -0.4 is 10.1 Å². The SMILES string of the molecule is COc1ccc(F)c(C2=NC(C)C(=O)Nc3ccc(Cl)c(Cl)c32)c1F. The first-order valence-electron chi connectivity index (χ1n) is 7.24. The largest absolute Gasteiger partial charge is 0.494 e. The van der Waals surface area contributed by atoms with Crippen molar-refractivity contribution in [2.45, 2.75) is 13.0 Å². The highest BCUT2D eigenvalue weighted by Crippen LogP contribution is 2.37. The summed E-state index contributed by atoms with van der Waals surface area (Å²) in [6.45, 7) is 1.51. The number of rotatable bonds is 2. The van der Waals surface area contributed by atoms with Crippen LogP contribution in [0.1, 0.15) is 18.1 Å². The lowest BCUT2D eigenvalue weighted by molar-refractivity contribution is -0.116. The highest BCUT2D eigenvalue weighted by atomic mass is 35.5. The van der Waals surface area contributed by atoms with Gasteiger partial charge in [-0.05, 0) is 31.2 Å². The van der Waals surface area contributed by atoms with E-state index in [9.17, 15) is 13.6 Å². The van der Waals surface area contributed by atoms with E-state index in [4.69, 9.17) is 27.9 Å². The molecule has 1 amide bonds. The van der Waals surface area contributed by atoms with Crippen molar-refractivity contribution in [2.75, 3.05) is 12.4 Å². The van der Waals surface area contributed by atoms with Gasteiger partial charge in [0.25, 0.3) is 0 Å². The molecule has 1 N–H and O–H groups in total. The maximum atomic E-state index is 14.8. The summed E-state index contributed by atoms with van der Waals surface area (Å²) < 4.78 is 34.2. The molecule has 8 heteroatoms. The van der Waals surface area contributed by atoms with E-state index in [2.05, 4.69) is 10.3 Å². The van der Waals surface area contributed by atoms with Crippen molar-refractivity contribution in [1.82, 2.24) is 0 Å². The number of hydrogen-bond donors (Lipinski definition) is 1. The number of nitrogens with one attached hydrogen (secondary N) is 1. The fraction of sp³-hybridized carbons (Fsp3) is 0.176. The zero-order valence-electron chi connectivity index (χ0n) is 13.2. The van der Waals surface area contributed by atoms with Crippen LogP contribution in [-0.2, 0) is 4.79 Å². The zero-order valence-corrected chi connectivity index (χ0v) is 14.7. The quantitative estimate of drug-likeness (QED) is 0.830. The van der Waals surface area contributed by atoms with Crippen molar-refractivity contribution in [2.24, 2.45) is 4.99 Å². The van der Waals surface area contributed by atoms with Crippen LogP contribution in [0.5, 0.6) is 5.75 Å². The molecule has 0 spiro atoms. The second kappa shape index (κ2) is 6.61. The fourth-order valence-corrected chi connectivity index (χ4v) is 2.95. The van der Waals surface area contributed by atoms with Crippen molar-refractivity contribution in [3.63, 3.8) is 0 Å². The number of hydrogen-bond acceptors (Lipinski definition) is 3. The van der Waals surface area contributed by atoms with Gasteiger partial charge in [0.05, 0.1) is 34.1 Å². The van der Waals surface area contributed by atoms with E-state index in [1.807, 2.05) is 0 Å². The van der Waals surface area contributed by atoms with Crippen LogP contribution in [0.4, 0.5) is 14.5 Å². The minimum atomic E-state index is -0.940. The molecule has 0 radical (unpaired) electrons. The highest BCUT2D eigenvalue weighted by molar-refractivity contribution is 6.45. The van der Waals surface area contributed by atoms with E-state index in [0.29, 0.717) is 0 Å². The lowest BCUT2D eigenvalue weighted by Crippen LogP contribution is -2.22. The molecule has 1 atom stereocenters. The highest BCUT2D eigenvalue weighted by Gasteiger charge is 2.30. The van der Waals surface area contributed by atoms with E-state index in [1.54, 1.807) is 0 Å². The normalized spacial score (nSPS) is 16.6. The average molecular weight is 385 g/mol. The number of carbonyl (C=O) groups excluding carboxylic acids is 1. The monoisotopic (exact) mass is 384 g/mol. The summed E-state index contributed by atoms with van der Waals surface area (Å²) in [5.41, 5.74) is -0.127. The smallest absolute Gasteiger partial charge is 0.248 e. The topological polar surface area (TPSA) is 50.7 Å². The lowest BCUT2D eigenvalue weighted by Gasteiger charge is -2.15. The third-order valence-corrected chi connectivity index (χ3v) is 4.61. The van der Waals surface area contributed by atoms with Crippen LogP contribution in [0.25, 0.3) is 0 Å². The molecule has 3 rings (SSSR count). The van der Waals surface area contributed by atoms with Gasteiger partial charge in [0.1, 0.15) is 11.9 Å². The summed E-state index contributed by atoms with van der Waals surface area (Å²) in [6.07, 6.45) is 0. The third kappa shape index (κ3) is 2.96. The van der Waals surface area contributed by atoms with E-state index in [-0.39, 0.29) is 32.8 Å². The minimum Gasteiger partial charge on any atom is -0.494 e. The summed E-state index contributed by atoms with van der Waals surface area (Å²) >= 11 is 12.3. The van der Waals surface area contributed by atoms with Crippen LogP contribution in [0, 0.1) is 11.6 Å². The first-order valence-corrected chi connectivity index (χ1v) is 8.00. The van der Waals surface area contributed by atoms with Crippen LogP contribution in [-0.4, -0.2) is 24.8 Å². The van der Waals surface area contributed by atoms with E-state index >= 15 is 0 Å². The van der Waals surface area contributed by atoms with E-state index in [0.717, 1.165) is 6.07 Å². The molecule has 2 aromatic carbocycles. The number of nitrogens with zero attached hydrogens (tertiary/aromatic N) is 1. The van der Waals surface area contributed by atoms with Crippen LogP contribution in [0.3, 0.4) is 0 Å². The van der Waals surface area contributed by atoms with Crippen molar-refractivity contribution in [3.05, 3.63) is 57.1 Å². The molecule has 1 aliphatic heterocycles. The second-order valence-corrected chi connectivity index (χ2v) is 6.15. The molecule has 0 saturated heterocycles. The zero-order chi connectivity index (χ0) is 18.3. The molecule has 0 saturated carbocycles. The number of fused-ring (bicyclic) bond motifs is 1. The summed E-state index contributed by atoms with van der Waals surface area (Å²) in [5.74, 6) is -2.39. The Morgan fingerprint density at radius 1 is 1.16 bits per heavy atom. The first kappa shape index (κ1) is 17.6. The summed E-state index contributed by atoms with van der Waals surface area (Å²) in [6, 6.07) is 4.32. The molecule has 130 valence electrons. The van der Waals surface area contributed by atoms with Gasteiger partial charge >= 0.3 is 0 Å². The van der Waals surface area contributed by atoms with Gasteiger partial charge in [-0.15, -0.1) is 0 Å². The number of carbonyl (C=O) groups is 1. The lowest BCUT2D eigenvalue weighted by atomic mass is 9.99. The number of anilines is 1. The number of ether oxygens (including phenoxy) is 1. The van der Waals surface area contributed by atoms with Gasteiger partial charge in [0.15, 0.2) is 11.6 Å².